The van der Waals surface area contributed by atoms with Crippen molar-refractivity contribution >= 4 is 11.9 Å². The van der Waals surface area contributed by atoms with E-state index >= 15 is 0 Å². The fourth-order valence-electron chi connectivity index (χ4n) is 8.77. The van der Waals surface area contributed by atoms with E-state index in [0.29, 0.717) is 25.9 Å². The first-order chi connectivity index (χ1) is 32.0. The molecule has 0 saturated carbocycles. The van der Waals surface area contributed by atoms with Crippen LogP contribution < -0.4 is 5.32 Å². The third-order valence-electron chi connectivity index (χ3n) is 13.2. The molecule has 382 valence electrons. The molecule has 65 heavy (non-hydrogen) atoms. The Morgan fingerprint density at radius 3 is 1.18 bits per heavy atom. The molecular formula is C59H111NO5. The molecule has 2 atom stereocenters. The maximum absolute atomic E-state index is 12.4. The first-order valence-electron chi connectivity index (χ1n) is 28.7. The maximum Gasteiger partial charge on any atom is 0.305 e. The van der Waals surface area contributed by atoms with Gasteiger partial charge < -0.3 is 20.3 Å². The third-order valence-corrected chi connectivity index (χ3v) is 13.2. The monoisotopic (exact) mass is 914 g/mol. The van der Waals surface area contributed by atoms with Gasteiger partial charge in [0.1, 0.15) is 0 Å². The molecule has 0 heterocycles. The number of esters is 1. The minimum Gasteiger partial charge on any atom is -0.465 e. The van der Waals surface area contributed by atoms with Crippen molar-refractivity contribution in [2.75, 3.05) is 13.2 Å². The minimum absolute atomic E-state index is 0.0410. The summed E-state index contributed by atoms with van der Waals surface area (Å²) in [6, 6.07) is -0.544. The number of ether oxygens (including phenoxy) is 1. The van der Waals surface area contributed by atoms with Crippen LogP contribution in [0, 0.1) is 0 Å². The van der Waals surface area contributed by atoms with Crippen molar-refractivity contribution < 1.29 is 24.5 Å². The van der Waals surface area contributed by atoms with Crippen LogP contribution in [0.5, 0.6) is 0 Å². The fraction of sp³-hybridized carbons (Fsp3) is 0.864. The molecule has 0 aliphatic carbocycles. The lowest BCUT2D eigenvalue weighted by Gasteiger charge is -2.22. The molecule has 0 rings (SSSR count). The molecule has 0 aliphatic heterocycles. The second kappa shape index (κ2) is 54.7. The summed E-state index contributed by atoms with van der Waals surface area (Å²) < 4.78 is 5.41. The molecule has 0 radical (unpaired) electrons. The molecule has 0 fully saturated rings. The molecule has 0 aromatic rings. The van der Waals surface area contributed by atoms with Crippen molar-refractivity contribution in [3.05, 3.63) is 36.5 Å². The van der Waals surface area contributed by atoms with Crippen molar-refractivity contribution in [2.24, 2.45) is 0 Å². The number of rotatable bonds is 53. The average molecular weight is 915 g/mol. The lowest BCUT2D eigenvalue weighted by Crippen LogP contribution is -2.45. The van der Waals surface area contributed by atoms with Crippen LogP contribution >= 0.6 is 0 Å². The smallest absolute Gasteiger partial charge is 0.305 e. The summed E-state index contributed by atoms with van der Waals surface area (Å²) in [6.45, 7) is 4.83. The van der Waals surface area contributed by atoms with Gasteiger partial charge in [-0.05, 0) is 70.6 Å². The molecule has 2 unspecified atom stereocenters. The zero-order chi connectivity index (χ0) is 47.2. The first-order valence-corrected chi connectivity index (χ1v) is 28.7. The lowest BCUT2D eigenvalue weighted by atomic mass is 10.0. The van der Waals surface area contributed by atoms with Crippen LogP contribution in [0.4, 0.5) is 0 Å². The minimum atomic E-state index is -0.666. The highest BCUT2D eigenvalue weighted by molar-refractivity contribution is 5.76. The number of hydrogen-bond acceptors (Lipinski definition) is 5. The number of aliphatic hydroxyl groups excluding tert-OH is 2. The molecule has 3 N–H and O–H groups in total. The van der Waals surface area contributed by atoms with Gasteiger partial charge in [-0.3, -0.25) is 9.59 Å². The van der Waals surface area contributed by atoms with Crippen molar-refractivity contribution in [1.29, 1.82) is 0 Å². The van der Waals surface area contributed by atoms with E-state index in [4.69, 9.17) is 4.74 Å². The first kappa shape index (κ1) is 63.1. The van der Waals surface area contributed by atoms with Gasteiger partial charge in [0.2, 0.25) is 5.91 Å². The van der Waals surface area contributed by atoms with Crippen LogP contribution in [0.1, 0.15) is 303 Å². The number of nitrogens with one attached hydrogen (secondary N) is 1. The Hall–Kier alpha value is -1.92. The molecule has 0 aromatic carbocycles. The molecule has 0 spiro atoms. The van der Waals surface area contributed by atoms with Crippen LogP contribution in [0.25, 0.3) is 0 Å². The summed E-state index contributed by atoms with van der Waals surface area (Å²) in [5.74, 6) is -0.0838. The predicted octanol–water partition coefficient (Wildman–Crippen LogP) is 17.6. The largest absolute Gasteiger partial charge is 0.465 e. The van der Waals surface area contributed by atoms with E-state index in [-0.39, 0.29) is 18.5 Å². The molecule has 1 amide bonds. The number of amides is 1. The van der Waals surface area contributed by atoms with Crippen molar-refractivity contribution in [3.8, 4) is 0 Å². The summed E-state index contributed by atoms with van der Waals surface area (Å²) in [7, 11) is 0. The van der Waals surface area contributed by atoms with Crippen LogP contribution in [0.2, 0.25) is 0 Å². The van der Waals surface area contributed by atoms with Crippen molar-refractivity contribution in [2.45, 2.75) is 315 Å². The molecule has 0 saturated heterocycles. The van der Waals surface area contributed by atoms with Crippen LogP contribution in [0.15, 0.2) is 36.5 Å². The zero-order valence-corrected chi connectivity index (χ0v) is 43.5. The molecule has 6 heteroatoms. The van der Waals surface area contributed by atoms with E-state index in [2.05, 4.69) is 55.6 Å². The normalized spacial score (nSPS) is 12.9. The molecule has 0 bridgehead atoms. The van der Waals surface area contributed by atoms with Gasteiger partial charge in [-0.2, -0.15) is 0 Å². The Labute approximate surface area is 404 Å². The quantitative estimate of drug-likeness (QED) is 0.0321. The Bertz CT molecular complexity index is 1060. The molecule has 6 nitrogen and oxygen atoms in total. The topological polar surface area (TPSA) is 95.9 Å². The Kier molecular flexibility index (Phi) is 53.1. The van der Waals surface area contributed by atoms with E-state index < -0.39 is 12.1 Å². The Morgan fingerprint density at radius 2 is 0.769 bits per heavy atom. The zero-order valence-electron chi connectivity index (χ0n) is 43.5. The number of allylic oxidation sites excluding steroid dienone is 5. The second-order valence-electron chi connectivity index (χ2n) is 19.6. The Morgan fingerprint density at radius 1 is 0.431 bits per heavy atom. The third kappa shape index (κ3) is 51.3. The number of carbonyl (C=O) groups excluding carboxylic acids is 2. The van der Waals surface area contributed by atoms with Crippen molar-refractivity contribution in [1.82, 2.24) is 5.32 Å². The summed E-state index contributed by atoms with van der Waals surface area (Å²) in [5, 5.41) is 23.2. The summed E-state index contributed by atoms with van der Waals surface area (Å²) in [6.07, 6.45) is 67.3. The molecular weight excluding hydrogens is 803 g/mol. The van der Waals surface area contributed by atoms with Gasteiger partial charge >= 0.3 is 5.97 Å². The van der Waals surface area contributed by atoms with Gasteiger partial charge in [-0.25, -0.2) is 0 Å². The average Bonchev–Trinajstić information content (AvgIpc) is 3.31. The van der Waals surface area contributed by atoms with Gasteiger partial charge in [0.25, 0.3) is 0 Å². The second-order valence-corrected chi connectivity index (χ2v) is 19.6. The summed E-state index contributed by atoms with van der Waals surface area (Å²) >= 11 is 0. The van der Waals surface area contributed by atoms with E-state index in [9.17, 15) is 19.8 Å². The summed E-state index contributed by atoms with van der Waals surface area (Å²) in [4.78, 5) is 24.5. The van der Waals surface area contributed by atoms with Gasteiger partial charge in [-0.15, -0.1) is 0 Å². The van der Waals surface area contributed by atoms with Crippen LogP contribution in [0.3, 0.4) is 0 Å². The Balaban J connectivity index is 3.44. The SMILES string of the molecule is CCCCCCCCC/C=C\CCCCCCCC(=O)OCC/C=C\C/C=C\CCCCCCCCCCCCCCCCC(=O)NC(CO)C(O)CCCCCCCCCCCCC. The van der Waals surface area contributed by atoms with Gasteiger partial charge in [0.15, 0.2) is 0 Å². The van der Waals surface area contributed by atoms with Crippen LogP contribution in [-0.2, 0) is 14.3 Å². The van der Waals surface area contributed by atoms with E-state index in [0.717, 1.165) is 51.4 Å². The standard InChI is InChI=1S/C59H111NO5/c1-3-5-7-9-11-13-15-16-17-26-29-33-37-41-45-49-53-59(64)65-54-50-46-42-38-34-30-27-24-22-20-18-19-21-23-25-28-32-36-40-44-48-52-58(63)60-56(55-61)57(62)51-47-43-39-35-31-14-12-10-8-6-4-2/h17,26,30,34,42,46,56-57,61-62H,3-16,18-25,27-29,31-33,35-41,43-45,47-55H2,1-2H3,(H,60,63)/b26-17-,34-30-,46-42-. The number of aliphatic hydroxyl groups is 2. The molecule has 0 aliphatic rings. The van der Waals surface area contributed by atoms with E-state index in [1.807, 2.05) is 0 Å². The van der Waals surface area contributed by atoms with E-state index in [1.165, 1.54) is 218 Å². The predicted molar refractivity (Wildman–Crippen MR) is 283 cm³/mol. The number of unbranched alkanes of at least 4 members (excludes halogenated alkanes) is 36. The molecule has 0 aromatic heterocycles. The number of carbonyl (C=O) groups is 2. The highest BCUT2D eigenvalue weighted by Crippen LogP contribution is 2.17. The van der Waals surface area contributed by atoms with E-state index in [1.54, 1.807) is 0 Å². The lowest BCUT2D eigenvalue weighted by molar-refractivity contribution is -0.143. The van der Waals surface area contributed by atoms with Gasteiger partial charge in [0.05, 0.1) is 25.4 Å². The van der Waals surface area contributed by atoms with Crippen molar-refractivity contribution in [3.63, 3.8) is 0 Å². The highest BCUT2D eigenvalue weighted by atomic mass is 16.5. The fourth-order valence-corrected chi connectivity index (χ4v) is 8.77. The highest BCUT2D eigenvalue weighted by Gasteiger charge is 2.20. The summed E-state index contributed by atoms with van der Waals surface area (Å²) in [5.41, 5.74) is 0. The van der Waals surface area contributed by atoms with Gasteiger partial charge in [0, 0.05) is 12.8 Å². The number of hydrogen-bond donors (Lipinski definition) is 3. The maximum atomic E-state index is 12.4. The van der Waals surface area contributed by atoms with Crippen LogP contribution in [-0.4, -0.2) is 47.4 Å². The van der Waals surface area contributed by atoms with Gasteiger partial charge in [-0.1, -0.05) is 256 Å².